The third-order valence-corrected chi connectivity index (χ3v) is 4.48. The van der Waals surface area contributed by atoms with E-state index in [1.54, 1.807) is 0 Å². The van der Waals surface area contributed by atoms with Crippen molar-refractivity contribution >= 4 is 31.9 Å². The van der Waals surface area contributed by atoms with Crippen LogP contribution < -0.4 is 0 Å². The second kappa shape index (κ2) is 5.58. The Morgan fingerprint density at radius 3 is 1.64 bits per heavy atom. The van der Waals surface area contributed by atoms with E-state index in [0.29, 0.717) is 0 Å². The Hall–Kier alpha value is 0.960. The van der Waals surface area contributed by atoms with Crippen LogP contribution in [0.2, 0.25) is 0 Å². The molecule has 0 saturated heterocycles. The van der Waals surface area contributed by atoms with Crippen molar-refractivity contribution in [2.24, 2.45) is 11.8 Å². The summed E-state index contributed by atoms with van der Waals surface area (Å²) in [6, 6.07) is 0. The maximum atomic E-state index is 3.58. The Morgan fingerprint density at radius 2 is 1.27 bits per heavy atom. The molecule has 0 bridgehead atoms. The fourth-order valence-electron chi connectivity index (χ4n) is 1.76. The van der Waals surface area contributed by atoms with Gasteiger partial charge in [-0.2, -0.15) is 0 Å². The van der Waals surface area contributed by atoms with Crippen LogP contribution in [0.5, 0.6) is 0 Å². The Balaban J connectivity index is 2.27. The minimum Gasteiger partial charge on any atom is -0.0925 e. The summed E-state index contributed by atoms with van der Waals surface area (Å²) in [5.74, 6) is 1.91. The van der Waals surface area contributed by atoms with Gasteiger partial charge in [-0.15, -0.1) is 0 Å². The smallest absolute Gasteiger partial charge is 0.00596 e. The lowest BCUT2D eigenvalue weighted by Crippen LogP contribution is -2.01. The average molecular weight is 284 g/mol. The minimum absolute atomic E-state index is 0.957. The number of alkyl halides is 2. The Morgan fingerprint density at radius 1 is 0.818 bits per heavy atom. The molecule has 0 aliphatic heterocycles. The lowest BCUT2D eigenvalue weighted by Gasteiger charge is -2.10. The van der Waals surface area contributed by atoms with E-state index in [9.17, 15) is 0 Å². The van der Waals surface area contributed by atoms with Gasteiger partial charge in [0.15, 0.2) is 0 Å². The van der Waals surface area contributed by atoms with Crippen molar-refractivity contribution in [3.63, 3.8) is 0 Å². The first-order valence-corrected chi connectivity index (χ1v) is 6.73. The first-order chi connectivity index (χ1) is 5.36. The minimum atomic E-state index is 0.957. The van der Waals surface area contributed by atoms with Crippen molar-refractivity contribution in [2.75, 3.05) is 10.7 Å². The van der Waals surface area contributed by atoms with E-state index in [0.717, 1.165) is 11.8 Å². The second-order valence-electron chi connectivity index (χ2n) is 3.55. The Labute approximate surface area is 86.4 Å². The van der Waals surface area contributed by atoms with E-state index in [4.69, 9.17) is 0 Å². The lowest BCUT2D eigenvalue weighted by atomic mass is 10.0. The van der Waals surface area contributed by atoms with Crippen LogP contribution >= 0.6 is 31.9 Å². The van der Waals surface area contributed by atoms with Crippen molar-refractivity contribution in [3.8, 4) is 0 Å². The zero-order valence-electron chi connectivity index (χ0n) is 6.86. The zero-order valence-corrected chi connectivity index (χ0v) is 10.0. The monoisotopic (exact) mass is 282 g/mol. The van der Waals surface area contributed by atoms with Crippen LogP contribution in [-0.2, 0) is 0 Å². The van der Waals surface area contributed by atoms with Gasteiger partial charge in [-0.25, -0.2) is 0 Å². The normalized spacial score (nSPS) is 33.3. The molecule has 0 aromatic heterocycles. The van der Waals surface area contributed by atoms with Crippen molar-refractivity contribution in [1.29, 1.82) is 0 Å². The van der Waals surface area contributed by atoms with E-state index in [1.165, 1.54) is 42.8 Å². The topological polar surface area (TPSA) is 0 Å². The summed E-state index contributed by atoms with van der Waals surface area (Å²) in [4.78, 5) is 0. The predicted octanol–water partition coefficient (Wildman–Crippen LogP) is 3.97. The van der Waals surface area contributed by atoms with Gasteiger partial charge in [0.05, 0.1) is 0 Å². The Kier molecular flexibility index (Phi) is 5.09. The fourth-order valence-corrected chi connectivity index (χ4v) is 3.06. The van der Waals surface area contributed by atoms with Gasteiger partial charge >= 0.3 is 0 Å². The second-order valence-corrected chi connectivity index (χ2v) is 4.84. The van der Waals surface area contributed by atoms with Crippen LogP contribution in [0.25, 0.3) is 0 Å². The molecule has 1 fully saturated rings. The maximum absolute atomic E-state index is 3.58. The summed E-state index contributed by atoms with van der Waals surface area (Å²) in [5.41, 5.74) is 0. The summed E-state index contributed by atoms with van der Waals surface area (Å²) < 4.78 is 0. The molecular formula is C9H16Br2. The SMILES string of the molecule is BrCC1CCCC(CBr)CC1. The fraction of sp³-hybridized carbons (Fsp3) is 1.00. The van der Waals surface area contributed by atoms with Gasteiger partial charge in [0.2, 0.25) is 0 Å². The highest BCUT2D eigenvalue weighted by molar-refractivity contribution is 9.09. The third kappa shape index (κ3) is 3.45. The molecule has 66 valence electrons. The first-order valence-electron chi connectivity index (χ1n) is 4.48. The number of halogens is 2. The molecular weight excluding hydrogens is 268 g/mol. The molecule has 0 amide bonds. The molecule has 1 saturated carbocycles. The summed E-state index contributed by atoms with van der Waals surface area (Å²) in [7, 11) is 0. The first kappa shape index (κ1) is 10.0. The van der Waals surface area contributed by atoms with Crippen molar-refractivity contribution in [1.82, 2.24) is 0 Å². The molecule has 0 aromatic rings. The molecule has 2 heteroatoms. The zero-order chi connectivity index (χ0) is 8.10. The molecule has 0 heterocycles. The molecule has 0 N–H and O–H groups in total. The van der Waals surface area contributed by atoms with E-state index >= 15 is 0 Å². The quantitative estimate of drug-likeness (QED) is 0.531. The van der Waals surface area contributed by atoms with Crippen LogP contribution in [0, 0.1) is 11.8 Å². The van der Waals surface area contributed by atoms with Crippen LogP contribution in [-0.4, -0.2) is 10.7 Å². The number of rotatable bonds is 2. The van der Waals surface area contributed by atoms with E-state index < -0.39 is 0 Å². The van der Waals surface area contributed by atoms with Gasteiger partial charge in [-0.1, -0.05) is 38.3 Å². The summed E-state index contributed by atoms with van der Waals surface area (Å²) in [6.45, 7) is 0. The largest absolute Gasteiger partial charge is 0.0925 e. The van der Waals surface area contributed by atoms with Crippen LogP contribution in [0.3, 0.4) is 0 Å². The van der Waals surface area contributed by atoms with Crippen molar-refractivity contribution in [3.05, 3.63) is 0 Å². The highest BCUT2D eigenvalue weighted by Gasteiger charge is 2.16. The summed E-state index contributed by atoms with van der Waals surface area (Å²) in [6.07, 6.45) is 7.18. The average Bonchev–Trinajstić information content (AvgIpc) is 2.28. The van der Waals surface area contributed by atoms with E-state index in [-0.39, 0.29) is 0 Å². The van der Waals surface area contributed by atoms with E-state index in [2.05, 4.69) is 31.9 Å². The standard InChI is InChI=1S/C9H16Br2/c10-6-8-2-1-3-9(7-11)5-4-8/h8-9H,1-7H2. The summed E-state index contributed by atoms with van der Waals surface area (Å²) in [5, 5.41) is 2.42. The molecule has 0 aromatic carbocycles. The van der Waals surface area contributed by atoms with Gasteiger partial charge < -0.3 is 0 Å². The lowest BCUT2D eigenvalue weighted by molar-refractivity contribution is 0.488. The van der Waals surface area contributed by atoms with Crippen LogP contribution in [0.4, 0.5) is 0 Å². The molecule has 2 atom stereocenters. The highest BCUT2D eigenvalue weighted by Crippen LogP contribution is 2.29. The summed E-state index contributed by atoms with van der Waals surface area (Å²) >= 11 is 7.15. The van der Waals surface area contributed by atoms with Gasteiger partial charge in [-0.05, 0) is 37.5 Å². The van der Waals surface area contributed by atoms with Gasteiger partial charge in [0, 0.05) is 10.7 Å². The molecule has 0 spiro atoms. The molecule has 2 unspecified atom stereocenters. The molecule has 0 radical (unpaired) electrons. The predicted molar refractivity (Wildman–Crippen MR) is 57.7 cm³/mol. The molecule has 1 rings (SSSR count). The van der Waals surface area contributed by atoms with Crippen molar-refractivity contribution < 1.29 is 0 Å². The Bertz CT molecular complexity index is 91.7. The molecule has 0 nitrogen and oxygen atoms in total. The van der Waals surface area contributed by atoms with Crippen LogP contribution in [0.1, 0.15) is 32.1 Å². The number of hydrogen-bond donors (Lipinski definition) is 0. The molecule has 1 aliphatic rings. The maximum Gasteiger partial charge on any atom is 0.00596 e. The third-order valence-electron chi connectivity index (χ3n) is 2.64. The van der Waals surface area contributed by atoms with Gasteiger partial charge in [0.25, 0.3) is 0 Å². The highest BCUT2D eigenvalue weighted by atomic mass is 79.9. The molecule has 1 aliphatic carbocycles. The van der Waals surface area contributed by atoms with Gasteiger partial charge in [0.1, 0.15) is 0 Å². The van der Waals surface area contributed by atoms with Crippen molar-refractivity contribution in [2.45, 2.75) is 32.1 Å². The molecule has 11 heavy (non-hydrogen) atoms. The number of hydrogen-bond acceptors (Lipinski definition) is 0. The van der Waals surface area contributed by atoms with E-state index in [1.807, 2.05) is 0 Å². The van der Waals surface area contributed by atoms with Gasteiger partial charge in [-0.3, -0.25) is 0 Å². The van der Waals surface area contributed by atoms with Crippen LogP contribution in [0.15, 0.2) is 0 Å².